The van der Waals surface area contributed by atoms with Crippen molar-refractivity contribution < 1.29 is 0 Å². The molecular formula is C58H45B7N2. The van der Waals surface area contributed by atoms with Crippen LogP contribution in [-0.4, -0.2) is 64.1 Å². The summed E-state index contributed by atoms with van der Waals surface area (Å²) in [4.78, 5) is 0. The molecule has 12 aromatic rings. The fraction of sp³-hybridized carbons (Fsp3) is 0. The highest BCUT2D eigenvalue weighted by Crippen LogP contribution is 2.42. The number of aromatic nitrogens is 2. The Morgan fingerprint density at radius 3 is 1.58 bits per heavy atom. The Balaban J connectivity index is 1.13. The Labute approximate surface area is 398 Å². The molecule has 0 spiro atoms. The van der Waals surface area contributed by atoms with E-state index < -0.39 is 0 Å². The summed E-state index contributed by atoms with van der Waals surface area (Å²) in [5, 5.41) is 7.76. The summed E-state index contributed by atoms with van der Waals surface area (Å²) in [5.41, 5.74) is 26.6. The molecule has 2 nitrogen and oxygen atoms in total. The summed E-state index contributed by atoms with van der Waals surface area (Å²) in [5.74, 6) is 0. The number of nitrogens with zero attached hydrogens (tertiary/aromatic N) is 2. The highest BCUT2D eigenvalue weighted by Gasteiger charge is 2.26. The van der Waals surface area contributed by atoms with Crippen LogP contribution in [0.15, 0.2) is 188 Å². The Hall–Kier alpha value is -7.49. The average molecular weight is 846 g/mol. The molecule has 0 saturated heterocycles. The number of hydrogen-bond acceptors (Lipinski definition) is 0. The van der Waals surface area contributed by atoms with E-state index in [4.69, 9.17) is 0 Å². The normalized spacial score (nSPS) is 11.7. The zero-order valence-electron chi connectivity index (χ0n) is 39.3. The first-order valence-corrected chi connectivity index (χ1v) is 23.6. The van der Waals surface area contributed by atoms with Crippen LogP contribution in [-0.2, 0) is 0 Å². The number of fused-ring (bicyclic) bond motifs is 7. The van der Waals surface area contributed by atoms with Crippen LogP contribution in [0.25, 0.3) is 110 Å². The zero-order valence-corrected chi connectivity index (χ0v) is 39.3. The fourth-order valence-corrected chi connectivity index (χ4v) is 11.5. The van der Waals surface area contributed by atoms with Crippen molar-refractivity contribution in [1.82, 2.24) is 9.13 Å². The molecule has 10 aromatic carbocycles. The van der Waals surface area contributed by atoms with Crippen molar-refractivity contribution in [1.29, 1.82) is 0 Å². The second-order valence-corrected chi connectivity index (χ2v) is 18.6. The van der Waals surface area contributed by atoms with Crippen molar-refractivity contribution in [3.8, 4) is 55.9 Å². The molecule has 12 rings (SSSR count). The first-order chi connectivity index (χ1) is 32.7. The molecule has 0 fully saturated rings. The molecule has 2 heterocycles. The monoisotopic (exact) mass is 846 g/mol. The van der Waals surface area contributed by atoms with Gasteiger partial charge < -0.3 is 9.13 Å². The Kier molecular flexibility index (Phi) is 9.69. The van der Waals surface area contributed by atoms with Gasteiger partial charge in [-0.1, -0.05) is 184 Å². The summed E-state index contributed by atoms with van der Waals surface area (Å²) in [6.45, 7) is 0. The highest BCUT2D eigenvalue weighted by molar-refractivity contribution is 6.69. The number of benzene rings is 10. The molecule has 0 aliphatic heterocycles. The summed E-state index contributed by atoms with van der Waals surface area (Å²) < 4.78 is 5.08. The van der Waals surface area contributed by atoms with Crippen molar-refractivity contribution in [2.24, 2.45) is 0 Å². The molecular weight excluding hydrogens is 800 g/mol. The van der Waals surface area contributed by atoms with E-state index in [9.17, 15) is 0 Å². The van der Waals surface area contributed by atoms with Crippen molar-refractivity contribution >= 4 is 148 Å². The third-order valence-electron chi connectivity index (χ3n) is 15.3. The molecule has 2 aromatic heterocycles. The van der Waals surface area contributed by atoms with E-state index >= 15 is 0 Å². The molecule has 0 bridgehead atoms. The zero-order chi connectivity index (χ0) is 45.7. The maximum absolute atomic E-state index is 2.58. The minimum Gasteiger partial charge on any atom is -0.310 e. The van der Waals surface area contributed by atoms with Crippen LogP contribution in [0.3, 0.4) is 0 Å². The SMILES string of the molecule is Bc1c(B)c(B)c2c(c1B)c1c(B)c(-c3ccc4c(c3)c3c(-c5ccccc5)cccc3n4-c3ccccc3-c3ccccc3)c(B)c(B)c1n2-c1ccc(-c2cccc3ccccc23)cc1. The molecule has 0 radical (unpaired) electrons. The predicted octanol–water partition coefficient (Wildman–Crippen LogP) is 3.51. The molecule has 0 saturated carbocycles. The smallest absolute Gasteiger partial charge is 0.141 e. The summed E-state index contributed by atoms with van der Waals surface area (Å²) in [6.07, 6.45) is 0. The standard InChI is InChI=1S/C58H45B7N2/c59-50-46(36-27-30-44-42(31-36)47-41(34-15-5-2-6-16-34)22-12-24-45(47)67(44)43-23-10-9-20-40(43)33-13-3-1-4-14-33)51(60)55(64)57-48(50)49-52(61)53(62)54(63)56(65)58(49)66(57)37-28-25-35(26-29-37)39-21-11-18-32-17-7-8-19-38(32)39/h1-31H,59-65H2. The van der Waals surface area contributed by atoms with Gasteiger partial charge in [0.25, 0.3) is 0 Å². The predicted molar refractivity (Wildman–Crippen MR) is 312 cm³/mol. The second kappa shape index (κ2) is 15.8. The van der Waals surface area contributed by atoms with Gasteiger partial charge in [-0.05, 0) is 91.5 Å². The van der Waals surface area contributed by atoms with Gasteiger partial charge in [-0.3, -0.25) is 0 Å². The Morgan fingerprint density at radius 1 is 0.299 bits per heavy atom. The topological polar surface area (TPSA) is 9.86 Å². The molecule has 0 aliphatic carbocycles. The Bertz CT molecular complexity index is 3980. The van der Waals surface area contributed by atoms with Crippen LogP contribution in [0.4, 0.5) is 0 Å². The summed E-state index contributed by atoms with van der Waals surface area (Å²) >= 11 is 0. The second-order valence-electron chi connectivity index (χ2n) is 18.6. The first-order valence-electron chi connectivity index (χ1n) is 23.6. The maximum atomic E-state index is 2.58. The van der Waals surface area contributed by atoms with Gasteiger partial charge in [0, 0.05) is 38.4 Å². The van der Waals surface area contributed by atoms with E-state index in [1.54, 1.807) is 0 Å². The summed E-state index contributed by atoms with van der Waals surface area (Å²) in [7, 11) is 16.3. The van der Waals surface area contributed by atoms with Gasteiger partial charge >= 0.3 is 0 Å². The molecule has 9 heteroatoms. The number of rotatable bonds is 6. The van der Waals surface area contributed by atoms with Gasteiger partial charge in [0.1, 0.15) is 54.9 Å². The van der Waals surface area contributed by atoms with Crippen LogP contribution in [0.5, 0.6) is 0 Å². The fourth-order valence-electron chi connectivity index (χ4n) is 11.5. The van der Waals surface area contributed by atoms with Crippen molar-refractivity contribution in [2.45, 2.75) is 0 Å². The number of para-hydroxylation sites is 1. The lowest BCUT2D eigenvalue weighted by molar-refractivity contribution is 1.18. The highest BCUT2D eigenvalue weighted by atomic mass is 15.0. The largest absolute Gasteiger partial charge is 0.310 e. The van der Waals surface area contributed by atoms with Crippen LogP contribution in [0.2, 0.25) is 0 Å². The molecule has 0 unspecified atom stereocenters. The van der Waals surface area contributed by atoms with Crippen molar-refractivity contribution in [3.05, 3.63) is 188 Å². The molecule has 0 N–H and O–H groups in total. The van der Waals surface area contributed by atoms with E-state index in [1.807, 2.05) is 0 Å². The first kappa shape index (κ1) is 41.0. The molecule has 0 atom stereocenters. The van der Waals surface area contributed by atoms with Crippen LogP contribution in [0, 0.1) is 0 Å². The van der Waals surface area contributed by atoms with Crippen LogP contribution >= 0.6 is 0 Å². The molecule has 308 valence electrons. The van der Waals surface area contributed by atoms with Gasteiger partial charge in [-0.15, -0.1) is 5.46 Å². The third kappa shape index (κ3) is 6.21. The van der Waals surface area contributed by atoms with Crippen LogP contribution in [0.1, 0.15) is 0 Å². The summed E-state index contributed by atoms with van der Waals surface area (Å²) in [6, 6.07) is 69.2. The van der Waals surface area contributed by atoms with E-state index in [0.29, 0.717) is 0 Å². The molecule has 67 heavy (non-hydrogen) atoms. The van der Waals surface area contributed by atoms with Gasteiger partial charge in [0.15, 0.2) is 0 Å². The Morgan fingerprint density at radius 2 is 0.836 bits per heavy atom. The van der Waals surface area contributed by atoms with E-state index in [1.165, 1.54) is 149 Å². The minimum atomic E-state index is 1.17. The van der Waals surface area contributed by atoms with E-state index in [0.717, 1.165) is 0 Å². The van der Waals surface area contributed by atoms with Crippen LogP contribution < -0.4 is 38.2 Å². The van der Waals surface area contributed by atoms with Gasteiger partial charge in [-0.2, -0.15) is 0 Å². The quantitative estimate of drug-likeness (QED) is 0.227. The molecule has 0 aliphatic rings. The van der Waals surface area contributed by atoms with E-state index in [2.05, 4.69) is 252 Å². The minimum absolute atomic E-state index is 1.17. The van der Waals surface area contributed by atoms with Gasteiger partial charge in [-0.25, -0.2) is 0 Å². The van der Waals surface area contributed by atoms with Gasteiger partial charge in [0.2, 0.25) is 0 Å². The van der Waals surface area contributed by atoms with E-state index in [-0.39, 0.29) is 0 Å². The lowest BCUT2D eigenvalue weighted by Crippen LogP contribution is -2.48. The lowest BCUT2D eigenvalue weighted by Gasteiger charge is -2.19. The number of hydrogen-bond donors (Lipinski definition) is 0. The lowest BCUT2D eigenvalue weighted by atomic mass is 9.64. The maximum Gasteiger partial charge on any atom is 0.141 e. The molecule has 0 amide bonds. The average Bonchev–Trinajstić information content (AvgIpc) is 3.91. The van der Waals surface area contributed by atoms with Crippen molar-refractivity contribution in [2.75, 3.05) is 0 Å². The van der Waals surface area contributed by atoms with Crippen molar-refractivity contribution in [3.63, 3.8) is 0 Å². The van der Waals surface area contributed by atoms with Gasteiger partial charge in [0.05, 0.1) is 16.7 Å². The third-order valence-corrected chi connectivity index (χ3v) is 15.3.